The van der Waals surface area contributed by atoms with E-state index in [1.54, 1.807) is 12.0 Å². The Morgan fingerprint density at radius 2 is 2.04 bits per heavy atom. The Balaban J connectivity index is 1.66. The van der Waals surface area contributed by atoms with E-state index < -0.39 is 0 Å². The Morgan fingerprint density at radius 1 is 1.23 bits per heavy atom. The summed E-state index contributed by atoms with van der Waals surface area (Å²) in [7, 11) is 1.60. The van der Waals surface area contributed by atoms with Crippen LogP contribution in [0.1, 0.15) is 15.9 Å². The number of benzene rings is 2. The molecule has 0 unspecified atom stereocenters. The predicted octanol–water partition coefficient (Wildman–Crippen LogP) is 2.54. The number of nitrogens with zero attached hydrogens (tertiary/aromatic N) is 2. The molecule has 1 aliphatic heterocycles. The van der Waals surface area contributed by atoms with E-state index >= 15 is 0 Å². The molecule has 0 bridgehead atoms. The van der Waals surface area contributed by atoms with Gasteiger partial charge in [-0.15, -0.1) is 0 Å². The van der Waals surface area contributed by atoms with Crippen LogP contribution >= 0.6 is 11.6 Å². The summed E-state index contributed by atoms with van der Waals surface area (Å²) in [4.78, 5) is 28.2. The maximum absolute atomic E-state index is 12.6. The molecule has 0 aliphatic carbocycles. The third-order valence-electron chi connectivity index (χ3n) is 4.30. The van der Waals surface area contributed by atoms with E-state index in [0.717, 1.165) is 11.3 Å². The third-order valence-corrected chi connectivity index (χ3v) is 4.54. The van der Waals surface area contributed by atoms with Crippen molar-refractivity contribution in [3.05, 3.63) is 58.6 Å². The molecule has 26 heavy (non-hydrogen) atoms. The van der Waals surface area contributed by atoms with Gasteiger partial charge in [0.15, 0.2) is 0 Å². The van der Waals surface area contributed by atoms with Crippen LogP contribution in [0.3, 0.4) is 0 Å². The number of hydrogen-bond acceptors (Lipinski definition) is 4. The number of methoxy groups -OCH3 is 1. The quantitative estimate of drug-likeness (QED) is 0.892. The number of phenols is 1. The molecule has 2 amide bonds. The van der Waals surface area contributed by atoms with E-state index in [2.05, 4.69) is 0 Å². The summed E-state index contributed by atoms with van der Waals surface area (Å²) in [5.74, 6) is 0.0326. The van der Waals surface area contributed by atoms with Crippen LogP contribution in [0.25, 0.3) is 0 Å². The zero-order valence-electron chi connectivity index (χ0n) is 14.3. The Morgan fingerprint density at radius 3 is 2.73 bits per heavy atom. The van der Waals surface area contributed by atoms with Crippen molar-refractivity contribution in [2.75, 3.05) is 26.7 Å². The van der Waals surface area contributed by atoms with Gasteiger partial charge in [0.1, 0.15) is 18.0 Å². The third kappa shape index (κ3) is 3.91. The first kappa shape index (κ1) is 18.1. The number of phenolic OH excluding ortho intramolecular Hbond substituents is 1. The maximum Gasteiger partial charge on any atom is 0.258 e. The Labute approximate surface area is 156 Å². The van der Waals surface area contributed by atoms with Crippen LogP contribution in [0.5, 0.6) is 11.5 Å². The topological polar surface area (TPSA) is 70.1 Å². The normalized spacial score (nSPS) is 14.5. The van der Waals surface area contributed by atoms with Crippen LogP contribution in [0.15, 0.2) is 42.5 Å². The van der Waals surface area contributed by atoms with Crippen LogP contribution < -0.4 is 4.74 Å². The minimum Gasteiger partial charge on any atom is -0.507 e. The van der Waals surface area contributed by atoms with Crippen LogP contribution in [0, 0.1) is 0 Å². The molecule has 0 saturated carbocycles. The van der Waals surface area contributed by atoms with Gasteiger partial charge < -0.3 is 19.6 Å². The van der Waals surface area contributed by atoms with E-state index in [1.807, 2.05) is 24.3 Å². The predicted molar refractivity (Wildman–Crippen MR) is 97.4 cm³/mol. The highest BCUT2D eigenvalue weighted by Crippen LogP contribution is 2.24. The molecule has 0 aromatic heterocycles. The van der Waals surface area contributed by atoms with E-state index in [4.69, 9.17) is 16.3 Å². The molecule has 1 fully saturated rings. The van der Waals surface area contributed by atoms with Gasteiger partial charge in [-0.2, -0.15) is 0 Å². The van der Waals surface area contributed by atoms with Gasteiger partial charge in [-0.1, -0.05) is 23.7 Å². The molecular formula is C19H19ClN2O4. The van der Waals surface area contributed by atoms with Gasteiger partial charge in [0.05, 0.1) is 12.7 Å². The standard InChI is InChI=1S/C19H19ClN2O4/c1-26-15-4-2-3-13(9-15)11-21-7-8-22(12-18(21)24)19(25)16-6-5-14(20)10-17(16)23/h2-6,9-10,23H,7-8,11-12H2,1H3. The summed E-state index contributed by atoms with van der Waals surface area (Å²) in [6.07, 6.45) is 0. The summed E-state index contributed by atoms with van der Waals surface area (Å²) < 4.78 is 5.20. The first-order valence-corrected chi connectivity index (χ1v) is 8.54. The molecule has 1 saturated heterocycles. The van der Waals surface area contributed by atoms with Crippen molar-refractivity contribution in [1.29, 1.82) is 0 Å². The molecule has 7 heteroatoms. The van der Waals surface area contributed by atoms with Crippen molar-refractivity contribution in [2.24, 2.45) is 0 Å². The lowest BCUT2D eigenvalue weighted by atomic mass is 10.1. The highest BCUT2D eigenvalue weighted by Gasteiger charge is 2.29. The monoisotopic (exact) mass is 374 g/mol. The molecule has 2 aromatic rings. The first-order chi connectivity index (χ1) is 12.5. The minimum absolute atomic E-state index is 0.0229. The number of aromatic hydroxyl groups is 1. The molecule has 1 aliphatic rings. The Bertz CT molecular complexity index is 840. The highest BCUT2D eigenvalue weighted by molar-refractivity contribution is 6.30. The fourth-order valence-corrected chi connectivity index (χ4v) is 3.06. The largest absolute Gasteiger partial charge is 0.507 e. The molecule has 136 valence electrons. The van der Waals surface area contributed by atoms with Crippen LogP contribution in [0.2, 0.25) is 5.02 Å². The number of ether oxygens (including phenoxy) is 1. The lowest BCUT2D eigenvalue weighted by molar-refractivity contribution is -0.135. The molecule has 3 rings (SSSR count). The van der Waals surface area contributed by atoms with Crippen molar-refractivity contribution in [1.82, 2.24) is 9.80 Å². The second kappa shape index (κ2) is 7.66. The molecule has 0 spiro atoms. The smallest absolute Gasteiger partial charge is 0.258 e. The molecule has 0 radical (unpaired) electrons. The van der Waals surface area contributed by atoms with Gasteiger partial charge in [0.2, 0.25) is 5.91 Å². The van der Waals surface area contributed by atoms with Gasteiger partial charge in [0, 0.05) is 24.7 Å². The van der Waals surface area contributed by atoms with Crippen molar-refractivity contribution < 1.29 is 19.4 Å². The van der Waals surface area contributed by atoms with Gasteiger partial charge in [-0.25, -0.2) is 0 Å². The molecular weight excluding hydrogens is 356 g/mol. The maximum atomic E-state index is 12.6. The number of piperazine rings is 1. The molecule has 0 atom stereocenters. The van der Waals surface area contributed by atoms with Crippen molar-refractivity contribution in [3.63, 3.8) is 0 Å². The average Bonchev–Trinajstić information content (AvgIpc) is 2.63. The lowest BCUT2D eigenvalue weighted by Gasteiger charge is -2.34. The van der Waals surface area contributed by atoms with E-state index in [-0.39, 0.29) is 29.7 Å². The second-order valence-electron chi connectivity index (χ2n) is 6.06. The summed E-state index contributed by atoms with van der Waals surface area (Å²) in [6, 6.07) is 11.9. The number of carbonyl (C=O) groups is 2. The summed E-state index contributed by atoms with van der Waals surface area (Å²) in [6.45, 7) is 1.27. The number of halogens is 1. The van der Waals surface area contributed by atoms with Crippen molar-refractivity contribution >= 4 is 23.4 Å². The zero-order valence-corrected chi connectivity index (χ0v) is 15.1. The Hall–Kier alpha value is -2.73. The van der Waals surface area contributed by atoms with Crippen molar-refractivity contribution in [2.45, 2.75) is 6.54 Å². The number of carbonyl (C=O) groups excluding carboxylic acids is 2. The molecule has 6 nitrogen and oxygen atoms in total. The van der Waals surface area contributed by atoms with Crippen LogP contribution in [-0.2, 0) is 11.3 Å². The highest BCUT2D eigenvalue weighted by atomic mass is 35.5. The van der Waals surface area contributed by atoms with E-state index in [0.29, 0.717) is 24.7 Å². The minimum atomic E-state index is -0.381. The first-order valence-electron chi connectivity index (χ1n) is 8.16. The van der Waals surface area contributed by atoms with E-state index in [9.17, 15) is 14.7 Å². The molecule has 1 N–H and O–H groups in total. The van der Waals surface area contributed by atoms with Crippen LogP contribution in [-0.4, -0.2) is 53.5 Å². The fraction of sp³-hybridized carbons (Fsp3) is 0.263. The van der Waals surface area contributed by atoms with Gasteiger partial charge in [-0.05, 0) is 35.9 Å². The second-order valence-corrected chi connectivity index (χ2v) is 6.49. The Kier molecular flexibility index (Phi) is 5.32. The number of hydrogen-bond donors (Lipinski definition) is 1. The molecule has 1 heterocycles. The van der Waals surface area contributed by atoms with Gasteiger partial charge >= 0.3 is 0 Å². The summed E-state index contributed by atoms with van der Waals surface area (Å²) in [5, 5.41) is 10.3. The van der Waals surface area contributed by atoms with Crippen LogP contribution in [0.4, 0.5) is 0 Å². The SMILES string of the molecule is COc1cccc(CN2CCN(C(=O)c3ccc(Cl)cc3O)CC2=O)c1. The number of amides is 2. The summed E-state index contributed by atoms with van der Waals surface area (Å²) in [5.41, 5.74) is 1.11. The number of rotatable bonds is 4. The van der Waals surface area contributed by atoms with E-state index in [1.165, 1.54) is 23.1 Å². The van der Waals surface area contributed by atoms with Crippen molar-refractivity contribution in [3.8, 4) is 11.5 Å². The zero-order chi connectivity index (χ0) is 18.7. The summed E-state index contributed by atoms with van der Waals surface area (Å²) >= 11 is 5.79. The molecule has 2 aromatic carbocycles. The fourth-order valence-electron chi connectivity index (χ4n) is 2.90. The average molecular weight is 375 g/mol. The lowest BCUT2D eigenvalue weighted by Crippen LogP contribution is -2.51. The van der Waals surface area contributed by atoms with Gasteiger partial charge in [0.25, 0.3) is 5.91 Å². The van der Waals surface area contributed by atoms with Gasteiger partial charge in [-0.3, -0.25) is 9.59 Å².